The van der Waals surface area contributed by atoms with Crippen molar-refractivity contribution in [2.75, 3.05) is 13.1 Å². The van der Waals surface area contributed by atoms with Gasteiger partial charge >= 0.3 is 0 Å². The van der Waals surface area contributed by atoms with Gasteiger partial charge in [0.25, 0.3) is 0 Å². The minimum Gasteiger partial charge on any atom is -0.466 e. The highest BCUT2D eigenvalue weighted by atomic mass is 16.3. The van der Waals surface area contributed by atoms with Crippen LogP contribution in [-0.2, 0) is 25.1 Å². The third-order valence-electron chi connectivity index (χ3n) is 5.23. The lowest BCUT2D eigenvalue weighted by atomic mass is 9.96. The predicted molar refractivity (Wildman–Crippen MR) is 123 cm³/mol. The van der Waals surface area contributed by atoms with Crippen molar-refractivity contribution in [2.45, 2.75) is 52.8 Å². The van der Waals surface area contributed by atoms with Crippen molar-refractivity contribution in [3.05, 3.63) is 77.3 Å². The summed E-state index contributed by atoms with van der Waals surface area (Å²) < 4.78 is 7.71. The maximum Gasteiger partial charge on any atom is 0.191 e. The van der Waals surface area contributed by atoms with Crippen LogP contribution in [0.2, 0.25) is 0 Å². The molecule has 0 spiro atoms. The molecule has 0 aliphatic rings. The van der Waals surface area contributed by atoms with Crippen molar-refractivity contribution < 1.29 is 9.52 Å². The van der Waals surface area contributed by atoms with Gasteiger partial charge < -0.3 is 24.7 Å². The summed E-state index contributed by atoms with van der Waals surface area (Å²) >= 11 is 0. The standard InChI is InChI=1S/C24H33N5O2/c1-5-25-23(28-17-24(4,30)21-15-18(2)31-19(21)3)27-16-22-26-12-14-29(22)13-11-20-9-7-6-8-10-20/h6-10,12,14-15,30H,5,11,13,16-17H2,1-4H3,(H2,25,27,28). The summed E-state index contributed by atoms with van der Waals surface area (Å²) in [6.07, 6.45) is 4.74. The number of guanidine groups is 1. The Labute approximate surface area is 184 Å². The van der Waals surface area contributed by atoms with E-state index in [0.29, 0.717) is 19.0 Å². The molecule has 2 heterocycles. The maximum atomic E-state index is 10.9. The van der Waals surface area contributed by atoms with E-state index < -0.39 is 5.60 Å². The molecule has 1 atom stereocenters. The van der Waals surface area contributed by atoms with Gasteiger partial charge in [0.1, 0.15) is 29.5 Å². The molecule has 7 heteroatoms. The molecule has 3 rings (SSSR count). The number of aromatic nitrogens is 2. The van der Waals surface area contributed by atoms with E-state index in [-0.39, 0.29) is 0 Å². The molecule has 3 aromatic rings. The summed E-state index contributed by atoms with van der Waals surface area (Å²) in [7, 11) is 0. The summed E-state index contributed by atoms with van der Waals surface area (Å²) in [6.45, 7) is 9.87. The highest BCUT2D eigenvalue weighted by Crippen LogP contribution is 2.26. The van der Waals surface area contributed by atoms with Crippen molar-refractivity contribution in [1.82, 2.24) is 20.2 Å². The van der Waals surface area contributed by atoms with Gasteiger partial charge in [-0.2, -0.15) is 0 Å². The van der Waals surface area contributed by atoms with Crippen molar-refractivity contribution in [3.63, 3.8) is 0 Å². The molecule has 3 N–H and O–H groups in total. The maximum absolute atomic E-state index is 10.9. The summed E-state index contributed by atoms with van der Waals surface area (Å²) in [4.78, 5) is 9.14. The smallest absolute Gasteiger partial charge is 0.191 e. The number of benzene rings is 1. The summed E-state index contributed by atoms with van der Waals surface area (Å²) in [6, 6.07) is 12.3. The number of hydrogen-bond acceptors (Lipinski definition) is 4. The molecule has 0 aliphatic heterocycles. The van der Waals surface area contributed by atoms with Gasteiger partial charge in [-0.15, -0.1) is 0 Å². The zero-order chi connectivity index (χ0) is 22.3. The second-order valence-electron chi connectivity index (χ2n) is 7.92. The van der Waals surface area contributed by atoms with E-state index >= 15 is 0 Å². The lowest BCUT2D eigenvalue weighted by Crippen LogP contribution is -2.44. The third kappa shape index (κ3) is 6.21. The summed E-state index contributed by atoms with van der Waals surface area (Å²) in [5, 5.41) is 17.4. The number of nitrogens with zero attached hydrogens (tertiary/aromatic N) is 3. The van der Waals surface area contributed by atoms with Gasteiger partial charge in [-0.1, -0.05) is 30.3 Å². The van der Waals surface area contributed by atoms with Gasteiger partial charge in [-0.05, 0) is 45.7 Å². The van der Waals surface area contributed by atoms with Crippen LogP contribution in [0.4, 0.5) is 0 Å². The van der Waals surface area contributed by atoms with E-state index in [2.05, 4.69) is 49.4 Å². The topological polar surface area (TPSA) is 87.6 Å². The van der Waals surface area contributed by atoms with E-state index in [1.54, 1.807) is 6.92 Å². The van der Waals surface area contributed by atoms with Crippen molar-refractivity contribution >= 4 is 5.96 Å². The number of nitrogens with one attached hydrogen (secondary N) is 2. The summed E-state index contributed by atoms with van der Waals surface area (Å²) in [5.41, 5.74) is 1.00. The number of rotatable bonds is 9. The fraction of sp³-hybridized carbons (Fsp3) is 0.417. The first kappa shape index (κ1) is 22.6. The first-order valence-electron chi connectivity index (χ1n) is 10.7. The van der Waals surface area contributed by atoms with Gasteiger partial charge in [-0.25, -0.2) is 9.98 Å². The number of aliphatic imine (C=N–C) groups is 1. The Kier molecular flexibility index (Phi) is 7.52. The van der Waals surface area contributed by atoms with E-state index in [9.17, 15) is 5.11 Å². The van der Waals surface area contributed by atoms with Gasteiger partial charge in [-0.3, -0.25) is 0 Å². The molecule has 0 aliphatic carbocycles. The van der Waals surface area contributed by atoms with Crippen LogP contribution >= 0.6 is 0 Å². The zero-order valence-corrected chi connectivity index (χ0v) is 18.9. The average Bonchev–Trinajstić information content (AvgIpc) is 3.35. The van der Waals surface area contributed by atoms with Crippen LogP contribution in [0.5, 0.6) is 0 Å². The number of hydrogen-bond donors (Lipinski definition) is 3. The molecule has 2 aromatic heterocycles. The monoisotopic (exact) mass is 423 g/mol. The molecular formula is C24H33N5O2. The lowest BCUT2D eigenvalue weighted by Gasteiger charge is -2.24. The Morgan fingerprint density at radius 1 is 1.23 bits per heavy atom. The van der Waals surface area contributed by atoms with Gasteiger partial charge in [0.05, 0.1) is 6.54 Å². The van der Waals surface area contributed by atoms with Crippen LogP contribution < -0.4 is 10.6 Å². The molecule has 166 valence electrons. The molecular weight excluding hydrogens is 390 g/mol. The SMILES string of the molecule is CCNC(=NCc1nccn1CCc1ccccc1)NCC(C)(O)c1cc(C)oc1C. The highest BCUT2D eigenvalue weighted by Gasteiger charge is 2.27. The van der Waals surface area contributed by atoms with Crippen LogP contribution in [0.25, 0.3) is 0 Å². The number of imidazole rings is 1. The van der Waals surface area contributed by atoms with Crippen LogP contribution in [0.1, 0.15) is 42.3 Å². The second-order valence-corrected chi connectivity index (χ2v) is 7.92. The number of furan rings is 1. The van der Waals surface area contributed by atoms with Crippen LogP contribution in [-0.4, -0.2) is 33.7 Å². The Bertz CT molecular complexity index is 989. The first-order chi connectivity index (χ1) is 14.9. The van der Waals surface area contributed by atoms with Gasteiger partial charge in [0.15, 0.2) is 5.96 Å². The van der Waals surface area contributed by atoms with E-state index in [1.807, 2.05) is 45.3 Å². The van der Waals surface area contributed by atoms with E-state index in [0.717, 1.165) is 42.4 Å². The molecule has 7 nitrogen and oxygen atoms in total. The molecule has 0 radical (unpaired) electrons. The fourth-order valence-electron chi connectivity index (χ4n) is 3.60. The Morgan fingerprint density at radius 3 is 2.68 bits per heavy atom. The van der Waals surface area contributed by atoms with Crippen molar-refractivity contribution in [3.8, 4) is 0 Å². The molecule has 1 aromatic carbocycles. The van der Waals surface area contributed by atoms with Crippen molar-refractivity contribution in [2.24, 2.45) is 4.99 Å². The molecule has 0 amide bonds. The molecule has 0 bridgehead atoms. The molecule has 31 heavy (non-hydrogen) atoms. The fourth-order valence-corrected chi connectivity index (χ4v) is 3.60. The lowest BCUT2D eigenvalue weighted by molar-refractivity contribution is 0.0601. The van der Waals surface area contributed by atoms with Crippen molar-refractivity contribution in [1.29, 1.82) is 0 Å². The van der Waals surface area contributed by atoms with Gasteiger partial charge in [0.2, 0.25) is 0 Å². The normalized spacial score (nSPS) is 13.8. The molecule has 0 fully saturated rings. The van der Waals surface area contributed by atoms with Crippen LogP contribution in [0, 0.1) is 13.8 Å². The first-order valence-corrected chi connectivity index (χ1v) is 10.7. The van der Waals surface area contributed by atoms with E-state index in [4.69, 9.17) is 4.42 Å². The van der Waals surface area contributed by atoms with Crippen LogP contribution in [0.15, 0.2) is 58.2 Å². The minimum absolute atomic E-state index is 0.307. The molecule has 0 saturated carbocycles. The molecule has 1 unspecified atom stereocenters. The largest absolute Gasteiger partial charge is 0.466 e. The average molecular weight is 424 g/mol. The Hall–Kier alpha value is -3.06. The number of aryl methyl sites for hydroxylation is 4. The Morgan fingerprint density at radius 2 is 2.00 bits per heavy atom. The quantitative estimate of drug-likeness (QED) is 0.363. The number of aliphatic hydroxyl groups is 1. The second kappa shape index (κ2) is 10.3. The predicted octanol–water partition coefficient (Wildman–Crippen LogP) is 3.30. The minimum atomic E-state index is -1.08. The third-order valence-corrected chi connectivity index (χ3v) is 5.23. The Balaban J connectivity index is 1.62. The van der Waals surface area contributed by atoms with Gasteiger partial charge in [0, 0.05) is 31.0 Å². The van der Waals surface area contributed by atoms with Crippen LogP contribution in [0.3, 0.4) is 0 Å². The summed E-state index contributed by atoms with van der Waals surface area (Å²) in [5.74, 6) is 3.06. The zero-order valence-electron chi connectivity index (χ0n) is 18.9. The molecule has 0 saturated heterocycles. The highest BCUT2D eigenvalue weighted by molar-refractivity contribution is 5.79. The van der Waals surface area contributed by atoms with E-state index in [1.165, 1.54) is 5.56 Å².